The van der Waals surface area contributed by atoms with Gasteiger partial charge in [-0.1, -0.05) is 18.2 Å². The van der Waals surface area contributed by atoms with Crippen LogP contribution in [-0.2, 0) is 11.3 Å². The van der Waals surface area contributed by atoms with Crippen molar-refractivity contribution in [2.75, 3.05) is 19.0 Å². The topological polar surface area (TPSA) is 52.5 Å². The summed E-state index contributed by atoms with van der Waals surface area (Å²) in [6, 6.07) is 21.9. The number of fused-ring (bicyclic) bond motifs is 3. The van der Waals surface area contributed by atoms with E-state index in [1.807, 2.05) is 30.3 Å². The molecule has 0 aliphatic heterocycles. The van der Waals surface area contributed by atoms with Crippen LogP contribution in [0.1, 0.15) is 19.8 Å². The molecule has 30 heavy (non-hydrogen) atoms. The molecule has 4 aromatic rings. The SMILES string of the molecule is CCn1c2ccccc2c2cc(NC(=O)CCCOc3ccc(OC)cc3)ccc21. The summed E-state index contributed by atoms with van der Waals surface area (Å²) in [6.45, 7) is 3.54. The quantitative estimate of drug-likeness (QED) is 0.389. The molecule has 1 heterocycles. The summed E-state index contributed by atoms with van der Waals surface area (Å²) in [5, 5.41) is 5.39. The molecule has 0 bridgehead atoms. The third-order valence-corrected chi connectivity index (χ3v) is 5.25. The van der Waals surface area contributed by atoms with Crippen molar-refractivity contribution in [1.82, 2.24) is 4.57 Å². The van der Waals surface area contributed by atoms with Gasteiger partial charge in [0.25, 0.3) is 0 Å². The summed E-state index contributed by atoms with van der Waals surface area (Å²) in [6.07, 6.45) is 1.06. The van der Waals surface area contributed by atoms with E-state index >= 15 is 0 Å². The highest BCUT2D eigenvalue weighted by molar-refractivity contribution is 6.09. The van der Waals surface area contributed by atoms with Gasteiger partial charge in [0.2, 0.25) is 5.91 Å². The lowest BCUT2D eigenvalue weighted by Crippen LogP contribution is -2.12. The fraction of sp³-hybridized carbons (Fsp3) is 0.240. The van der Waals surface area contributed by atoms with Crippen LogP contribution in [0.3, 0.4) is 0 Å². The number of aryl methyl sites for hydroxylation is 1. The first-order valence-electron chi connectivity index (χ1n) is 10.3. The standard InChI is InChI=1S/C25H26N2O3/c1-3-27-23-8-5-4-7-21(23)22-17-18(10-15-24(22)27)26-25(28)9-6-16-30-20-13-11-19(29-2)12-14-20/h4-5,7-8,10-15,17H,3,6,9,16H2,1-2H3,(H,26,28). The molecular weight excluding hydrogens is 376 g/mol. The molecule has 4 rings (SSSR count). The molecule has 5 heteroatoms. The zero-order valence-corrected chi connectivity index (χ0v) is 17.4. The van der Waals surface area contributed by atoms with E-state index in [4.69, 9.17) is 9.47 Å². The molecule has 3 aromatic carbocycles. The maximum Gasteiger partial charge on any atom is 0.224 e. The number of aromatic nitrogens is 1. The fourth-order valence-corrected chi connectivity index (χ4v) is 3.79. The summed E-state index contributed by atoms with van der Waals surface area (Å²) in [5.74, 6) is 1.56. The summed E-state index contributed by atoms with van der Waals surface area (Å²) in [4.78, 5) is 12.4. The Hall–Kier alpha value is -3.47. The molecule has 1 amide bonds. The zero-order valence-electron chi connectivity index (χ0n) is 17.4. The predicted octanol–water partition coefficient (Wildman–Crippen LogP) is 5.62. The first-order valence-corrected chi connectivity index (χ1v) is 10.3. The number of methoxy groups -OCH3 is 1. The fourth-order valence-electron chi connectivity index (χ4n) is 3.79. The van der Waals surface area contributed by atoms with Crippen LogP contribution in [0.2, 0.25) is 0 Å². The van der Waals surface area contributed by atoms with Crippen LogP contribution in [0.5, 0.6) is 11.5 Å². The van der Waals surface area contributed by atoms with Crippen LogP contribution in [-0.4, -0.2) is 24.2 Å². The molecular formula is C25H26N2O3. The second kappa shape index (κ2) is 8.91. The van der Waals surface area contributed by atoms with E-state index in [1.165, 1.54) is 16.4 Å². The molecule has 0 aliphatic carbocycles. The van der Waals surface area contributed by atoms with Crippen molar-refractivity contribution >= 4 is 33.4 Å². The van der Waals surface area contributed by atoms with Gasteiger partial charge in [-0.05, 0) is 61.9 Å². The lowest BCUT2D eigenvalue weighted by atomic mass is 10.1. The molecule has 1 aromatic heterocycles. The Bertz CT molecular complexity index is 1160. The van der Waals surface area contributed by atoms with Crippen molar-refractivity contribution in [3.05, 3.63) is 66.7 Å². The molecule has 0 unspecified atom stereocenters. The molecule has 0 aliphatic rings. The van der Waals surface area contributed by atoms with E-state index in [2.05, 4.69) is 53.2 Å². The van der Waals surface area contributed by atoms with Gasteiger partial charge in [-0.25, -0.2) is 0 Å². The van der Waals surface area contributed by atoms with E-state index < -0.39 is 0 Å². The average molecular weight is 402 g/mol. The number of carbonyl (C=O) groups excluding carboxylic acids is 1. The Morgan fingerprint density at radius 2 is 1.67 bits per heavy atom. The minimum atomic E-state index is -0.00749. The Kier molecular flexibility index (Phi) is 5.89. The largest absolute Gasteiger partial charge is 0.497 e. The first kappa shape index (κ1) is 19.8. The number of anilines is 1. The van der Waals surface area contributed by atoms with Crippen molar-refractivity contribution in [3.8, 4) is 11.5 Å². The van der Waals surface area contributed by atoms with Gasteiger partial charge in [-0.15, -0.1) is 0 Å². The molecule has 1 N–H and O–H groups in total. The lowest BCUT2D eigenvalue weighted by molar-refractivity contribution is -0.116. The smallest absolute Gasteiger partial charge is 0.224 e. The summed E-state index contributed by atoms with van der Waals surface area (Å²) < 4.78 is 13.1. The molecule has 0 fully saturated rings. The van der Waals surface area contributed by atoms with Crippen molar-refractivity contribution in [1.29, 1.82) is 0 Å². The molecule has 0 spiro atoms. The van der Waals surface area contributed by atoms with E-state index in [1.54, 1.807) is 7.11 Å². The minimum absolute atomic E-state index is 0.00749. The van der Waals surface area contributed by atoms with Crippen LogP contribution in [0.25, 0.3) is 21.8 Å². The summed E-state index contributed by atoms with van der Waals surface area (Å²) in [5.41, 5.74) is 3.22. The van der Waals surface area contributed by atoms with Crippen LogP contribution >= 0.6 is 0 Å². The monoisotopic (exact) mass is 402 g/mol. The van der Waals surface area contributed by atoms with Crippen LogP contribution in [0, 0.1) is 0 Å². The average Bonchev–Trinajstić information content (AvgIpc) is 3.10. The summed E-state index contributed by atoms with van der Waals surface area (Å²) >= 11 is 0. The highest BCUT2D eigenvalue weighted by Gasteiger charge is 2.10. The number of amides is 1. The predicted molar refractivity (Wildman–Crippen MR) is 121 cm³/mol. The number of carbonyl (C=O) groups is 1. The van der Waals surface area contributed by atoms with Gasteiger partial charge >= 0.3 is 0 Å². The number of benzene rings is 3. The maximum atomic E-state index is 12.4. The summed E-state index contributed by atoms with van der Waals surface area (Å²) in [7, 11) is 1.63. The normalized spacial score (nSPS) is 11.0. The Morgan fingerprint density at radius 3 is 2.43 bits per heavy atom. The third kappa shape index (κ3) is 4.10. The van der Waals surface area contributed by atoms with Gasteiger partial charge in [-0.3, -0.25) is 4.79 Å². The second-order valence-corrected chi connectivity index (χ2v) is 7.17. The molecule has 0 radical (unpaired) electrons. The molecule has 0 saturated carbocycles. The Labute approximate surface area is 176 Å². The van der Waals surface area contributed by atoms with Crippen molar-refractivity contribution in [2.45, 2.75) is 26.3 Å². The number of rotatable bonds is 8. The van der Waals surface area contributed by atoms with Gasteiger partial charge in [0.1, 0.15) is 11.5 Å². The molecule has 5 nitrogen and oxygen atoms in total. The van der Waals surface area contributed by atoms with Crippen molar-refractivity contribution in [2.24, 2.45) is 0 Å². The Morgan fingerprint density at radius 1 is 0.933 bits per heavy atom. The lowest BCUT2D eigenvalue weighted by Gasteiger charge is -2.08. The zero-order chi connectivity index (χ0) is 20.9. The van der Waals surface area contributed by atoms with Gasteiger partial charge in [-0.2, -0.15) is 0 Å². The number of ether oxygens (including phenoxy) is 2. The molecule has 0 atom stereocenters. The minimum Gasteiger partial charge on any atom is -0.497 e. The van der Waals surface area contributed by atoms with Gasteiger partial charge in [0, 0.05) is 40.5 Å². The number of nitrogens with zero attached hydrogens (tertiary/aromatic N) is 1. The van der Waals surface area contributed by atoms with E-state index in [9.17, 15) is 4.79 Å². The van der Waals surface area contributed by atoms with Gasteiger partial charge in [0.15, 0.2) is 0 Å². The van der Waals surface area contributed by atoms with Crippen molar-refractivity contribution in [3.63, 3.8) is 0 Å². The third-order valence-electron chi connectivity index (χ3n) is 5.25. The molecule has 154 valence electrons. The second-order valence-electron chi connectivity index (χ2n) is 7.17. The first-order chi connectivity index (χ1) is 14.7. The number of nitrogens with one attached hydrogen (secondary N) is 1. The van der Waals surface area contributed by atoms with Gasteiger partial charge in [0.05, 0.1) is 13.7 Å². The van der Waals surface area contributed by atoms with E-state index in [0.717, 1.165) is 29.1 Å². The maximum absolute atomic E-state index is 12.4. The van der Waals surface area contributed by atoms with E-state index in [-0.39, 0.29) is 5.91 Å². The number of hydrogen-bond acceptors (Lipinski definition) is 3. The highest BCUT2D eigenvalue weighted by Crippen LogP contribution is 2.31. The number of para-hydroxylation sites is 1. The van der Waals surface area contributed by atoms with Crippen LogP contribution in [0.15, 0.2) is 66.7 Å². The van der Waals surface area contributed by atoms with Crippen LogP contribution in [0.4, 0.5) is 5.69 Å². The van der Waals surface area contributed by atoms with Crippen molar-refractivity contribution < 1.29 is 14.3 Å². The molecule has 0 saturated heterocycles. The van der Waals surface area contributed by atoms with E-state index in [0.29, 0.717) is 19.4 Å². The number of hydrogen-bond donors (Lipinski definition) is 1. The van der Waals surface area contributed by atoms with Gasteiger partial charge < -0.3 is 19.4 Å². The highest BCUT2D eigenvalue weighted by atomic mass is 16.5. The van der Waals surface area contributed by atoms with Crippen LogP contribution < -0.4 is 14.8 Å². The Balaban J connectivity index is 1.36.